The van der Waals surface area contributed by atoms with Crippen LogP contribution in [0.2, 0.25) is 0 Å². The van der Waals surface area contributed by atoms with Gasteiger partial charge in [-0.3, -0.25) is 0 Å². The number of anilines is 1. The number of ether oxygens (including phenoxy) is 1. The van der Waals surface area contributed by atoms with E-state index in [-0.39, 0.29) is 24.1 Å². The second kappa shape index (κ2) is 5.88. The molecule has 2 N–H and O–H groups in total. The maximum absolute atomic E-state index is 14.0. The van der Waals surface area contributed by atoms with Crippen molar-refractivity contribution in [3.05, 3.63) is 29.6 Å². The number of hydrogen-bond acceptors (Lipinski definition) is 3. The predicted molar refractivity (Wildman–Crippen MR) is 76.0 cm³/mol. The fraction of sp³-hybridized carbons (Fsp3) is 0.600. The second-order valence-corrected chi connectivity index (χ2v) is 5.58. The molecular weight excluding hydrogens is 243 g/mol. The molecule has 1 saturated heterocycles. The van der Waals surface area contributed by atoms with E-state index in [0.29, 0.717) is 6.42 Å². The highest BCUT2D eigenvalue weighted by molar-refractivity contribution is 5.55. The number of hydrogen-bond donors (Lipinski definition) is 1. The first-order valence-electron chi connectivity index (χ1n) is 6.90. The molecule has 0 amide bonds. The zero-order valence-corrected chi connectivity index (χ0v) is 11.9. The summed E-state index contributed by atoms with van der Waals surface area (Å²) in [4.78, 5) is 2.21. The molecule has 19 heavy (non-hydrogen) atoms. The summed E-state index contributed by atoms with van der Waals surface area (Å²) in [6.45, 7) is 7.58. The van der Waals surface area contributed by atoms with Crippen molar-refractivity contribution in [1.29, 1.82) is 0 Å². The lowest BCUT2D eigenvalue weighted by Gasteiger charge is -2.38. The van der Waals surface area contributed by atoms with Crippen LogP contribution in [-0.4, -0.2) is 31.3 Å². The lowest BCUT2D eigenvalue weighted by atomic mass is 10.0. The average molecular weight is 266 g/mol. The van der Waals surface area contributed by atoms with Gasteiger partial charge in [-0.2, -0.15) is 0 Å². The van der Waals surface area contributed by atoms with Crippen molar-refractivity contribution < 1.29 is 9.13 Å². The quantitative estimate of drug-likeness (QED) is 0.912. The van der Waals surface area contributed by atoms with Crippen molar-refractivity contribution in [3.8, 4) is 0 Å². The fourth-order valence-electron chi connectivity index (χ4n) is 2.74. The van der Waals surface area contributed by atoms with Crippen molar-refractivity contribution in [3.63, 3.8) is 0 Å². The van der Waals surface area contributed by atoms with Crippen molar-refractivity contribution in [2.45, 2.75) is 45.4 Å². The van der Waals surface area contributed by atoms with Crippen molar-refractivity contribution in [2.75, 3.05) is 18.0 Å². The van der Waals surface area contributed by atoms with Gasteiger partial charge in [0.15, 0.2) is 0 Å². The third-order valence-corrected chi connectivity index (χ3v) is 3.38. The van der Waals surface area contributed by atoms with Gasteiger partial charge in [-0.1, -0.05) is 6.07 Å². The van der Waals surface area contributed by atoms with Crippen LogP contribution in [0.4, 0.5) is 10.1 Å². The molecule has 0 bridgehead atoms. The van der Waals surface area contributed by atoms with E-state index in [1.807, 2.05) is 26.8 Å². The highest BCUT2D eigenvalue weighted by atomic mass is 19.1. The van der Waals surface area contributed by atoms with Gasteiger partial charge >= 0.3 is 0 Å². The Bertz CT molecular complexity index is 426. The molecule has 3 atom stereocenters. The third kappa shape index (κ3) is 3.45. The lowest BCUT2D eigenvalue weighted by molar-refractivity contribution is -0.00528. The lowest BCUT2D eigenvalue weighted by Crippen LogP contribution is -2.46. The first-order chi connectivity index (χ1) is 8.97. The van der Waals surface area contributed by atoms with Crippen LogP contribution < -0.4 is 10.6 Å². The molecule has 0 spiro atoms. The summed E-state index contributed by atoms with van der Waals surface area (Å²) in [5.41, 5.74) is 7.52. The highest BCUT2D eigenvalue weighted by Gasteiger charge is 2.25. The van der Waals surface area contributed by atoms with E-state index >= 15 is 0 Å². The molecule has 106 valence electrons. The van der Waals surface area contributed by atoms with Crippen LogP contribution in [0.5, 0.6) is 0 Å². The number of benzene rings is 1. The summed E-state index contributed by atoms with van der Waals surface area (Å²) < 4.78 is 19.8. The Morgan fingerprint density at radius 2 is 2.00 bits per heavy atom. The van der Waals surface area contributed by atoms with Crippen molar-refractivity contribution in [1.82, 2.24) is 0 Å². The van der Waals surface area contributed by atoms with Crippen LogP contribution in [0.15, 0.2) is 18.2 Å². The van der Waals surface area contributed by atoms with Gasteiger partial charge in [0.2, 0.25) is 0 Å². The van der Waals surface area contributed by atoms with E-state index in [1.165, 1.54) is 6.07 Å². The molecule has 1 heterocycles. The molecule has 1 aliphatic heterocycles. The molecule has 4 heteroatoms. The number of nitrogens with zero attached hydrogens (tertiary/aromatic N) is 1. The maximum atomic E-state index is 14.0. The monoisotopic (exact) mass is 266 g/mol. The molecule has 0 saturated carbocycles. The molecule has 0 aliphatic carbocycles. The molecule has 1 unspecified atom stereocenters. The minimum absolute atomic E-state index is 0.0495. The number of morpholine rings is 1. The minimum Gasteiger partial charge on any atom is -0.372 e. The van der Waals surface area contributed by atoms with Gasteiger partial charge < -0.3 is 15.4 Å². The summed E-state index contributed by atoms with van der Waals surface area (Å²) >= 11 is 0. The molecule has 0 aromatic heterocycles. The van der Waals surface area contributed by atoms with Gasteiger partial charge in [-0.05, 0) is 39.3 Å². The zero-order chi connectivity index (χ0) is 14.0. The smallest absolute Gasteiger partial charge is 0.128 e. The summed E-state index contributed by atoms with van der Waals surface area (Å²) in [5.74, 6) is -0.165. The molecule has 1 fully saturated rings. The van der Waals surface area contributed by atoms with E-state index in [2.05, 4.69) is 4.90 Å². The van der Waals surface area contributed by atoms with Crippen LogP contribution in [0.3, 0.4) is 0 Å². The number of rotatable bonds is 3. The third-order valence-electron chi connectivity index (χ3n) is 3.38. The van der Waals surface area contributed by atoms with Gasteiger partial charge in [-0.25, -0.2) is 4.39 Å². The summed E-state index contributed by atoms with van der Waals surface area (Å²) in [6, 6.07) is 5.20. The molecule has 1 aromatic rings. The van der Waals surface area contributed by atoms with E-state index in [1.54, 1.807) is 6.07 Å². The van der Waals surface area contributed by atoms with Crippen LogP contribution in [0.1, 0.15) is 26.3 Å². The molecular formula is C15H23FN2O. The van der Waals surface area contributed by atoms with Crippen molar-refractivity contribution >= 4 is 5.69 Å². The van der Waals surface area contributed by atoms with E-state index < -0.39 is 0 Å². The average Bonchev–Trinajstić information content (AvgIpc) is 2.30. The second-order valence-electron chi connectivity index (χ2n) is 5.58. The molecule has 2 rings (SSSR count). The van der Waals surface area contributed by atoms with Crippen LogP contribution in [0.25, 0.3) is 0 Å². The molecule has 1 aromatic carbocycles. The summed E-state index contributed by atoms with van der Waals surface area (Å²) in [7, 11) is 0. The maximum Gasteiger partial charge on any atom is 0.128 e. The van der Waals surface area contributed by atoms with E-state index in [4.69, 9.17) is 10.5 Å². The zero-order valence-electron chi connectivity index (χ0n) is 11.9. The molecule has 1 aliphatic rings. The first-order valence-corrected chi connectivity index (χ1v) is 6.90. The standard InChI is InChI=1S/C15H23FN2O/c1-10(17)7-13-14(16)5-4-6-15(13)18-8-11(2)19-12(3)9-18/h4-6,10-12H,7-9,17H2,1-3H3/t10?,11-,12+. The minimum atomic E-state index is -0.165. The normalized spacial score (nSPS) is 25.4. The molecule has 0 radical (unpaired) electrons. The van der Waals surface area contributed by atoms with Gasteiger partial charge in [0.25, 0.3) is 0 Å². The topological polar surface area (TPSA) is 38.5 Å². The Balaban J connectivity index is 2.30. The van der Waals surface area contributed by atoms with E-state index in [9.17, 15) is 4.39 Å². The summed E-state index contributed by atoms with van der Waals surface area (Å²) in [5, 5.41) is 0. The van der Waals surface area contributed by atoms with Crippen LogP contribution in [0, 0.1) is 5.82 Å². The Labute approximate surface area is 114 Å². The van der Waals surface area contributed by atoms with Gasteiger partial charge in [0.05, 0.1) is 12.2 Å². The van der Waals surface area contributed by atoms with Gasteiger partial charge in [0.1, 0.15) is 5.82 Å². The van der Waals surface area contributed by atoms with Crippen LogP contribution >= 0.6 is 0 Å². The summed E-state index contributed by atoms with van der Waals surface area (Å²) in [6.07, 6.45) is 0.882. The Hall–Kier alpha value is -1.13. The Morgan fingerprint density at radius 3 is 2.58 bits per heavy atom. The van der Waals surface area contributed by atoms with Gasteiger partial charge in [-0.15, -0.1) is 0 Å². The molecule has 3 nitrogen and oxygen atoms in total. The SMILES string of the molecule is CC(N)Cc1c(F)cccc1N1C[C@@H](C)O[C@@H](C)C1. The van der Waals surface area contributed by atoms with E-state index in [0.717, 1.165) is 24.3 Å². The fourth-order valence-corrected chi connectivity index (χ4v) is 2.74. The predicted octanol–water partition coefficient (Wildman–Crippen LogP) is 2.33. The Morgan fingerprint density at radius 1 is 1.37 bits per heavy atom. The Kier molecular flexibility index (Phi) is 4.42. The van der Waals surface area contributed by atoms with Gasteiger partial charge in [0, 0.05) is 30.4 Å². The number of halogens is 1. The highest BCUT2D eigenvalue weighted by Crippen LogP contribution is 2.27. The number of nitrogens with two attached hydrogens (primary N) is 1. The largest absolute Gasteiger partial charge is 0.372 e. The van der Waals surface area contributed by atoms with Crippen molar-refractivity contribution in [2.24, 2.45) is 5.73 Å². The van der Waals surface area contributed by atoms with Crippen LogP contribution in [-0.2, 0) is 11.2 Å². The first kappa shape index (κ1) is 14.3.